The van der Waals surface area contributed by atoms with Gasteiger partial charge in [0.1, 0.15) is 12.0 Å². The number of ether oxygens (including phenoxy) is 3. The number of halogens is 2. The van der Waals surface area contributed by atoms with Gasteiger partial charge in [0.25, 0.3) is 11.8 Å². The zero-order chi connectivity index (χ0) is 23.2. The fraction of sp³-hybridized carbons (Fsp3) is 0.100. The number of benzene rings is 2. The predicted molar refractivity (Wildman–Crippen MR) is 108 cm³/mol. The second-order valence-electron chi connectivity index (χ2n) is 6.72. The van der Waals surface area contributed by atoms with Crippen molar-refractivity contribution in [2.24, 2.45) is 0 Å². The van der Waals surface area contributed by atoms with Gasteiger partial charge in [-0.1, -0.05) is 12.1 Å². The number of aromatic nitrogens is 3. The summed E-state index contributed by atoms with van der Waals surface area (Å²) in [6, 6.07) is 8.87. The third-order valence-electron chi connectivity index (χ3n) is 4.55. The first-order valence-electron chi connectivity index (χ1n) is 9.32. The summed E-state index contributed by atoms with van der Waals surface area (Å²) in [4.78, 5) is 35.7. The van der Waals surface area contributed by atoms with E-state index >= 15 is 0 Å². The molecule has 2 aromatic heterocycles. The summed E-state index contributed by atoms with van der Waals surface area (Å²) in [6.45, 7) is 0. The fourth-order valence-corrected chi connectivity index (χ4v) is 3.12. The van der Waals surface area contributed by atoms with Gasteiger partial charge in [-0.05, 0) is 12.1 Å². The van der Waals surface area contributed by atoms with Crippen LogP contribution < -0.4 is 24.8 Å². The van der Waals surface area contributed by atoms with Crippen molar-refractivity contribution in [1.29, 1.82) is 0 Å². The topological polar surface area (TPSA) is 141 Å². The number of aromatic amines is 1. The number of rotatable bonds is 5. The van der Waals surface area contributed by atoms with E-state index in [1.165, 1.54) is 19.2 Å². The van der Waals surface area contributed by atoms with Crippen molar-refractivity contribution in [2.75, 3.05) is 17.7 Å². The van der Waals surface area contributed by atoms with Gasteiger partial charge in [-0.3, -0.25) is 20.2 Å². The Morgan fingerprint density at radius 1 is 1.06 bits per heavy atom. The number of carbonyl (C=O) groups excluding carboxylic acids is 2. The first kappa shape index (κ1) is 20.2. The second-order valence-corrected chi connectivity index (χ2v) is 6.72. The highest BCUT2D eigenvalue weighted by Crippen LogP contribution is 2.42. The number of oxazole rings is 1. The van der Waals surface area contributed by atoms with E-state index < -0.39 is 18.1 Å². The third kappa shape index (κ3) is 3.86. The summed E-state index contributed by atoms with van der Waals surface area (Å²) in [5.74, 6) is -1.20. The minimum atomic E-state index is -3.75. The summed E-state index contributed by atoms with van der Waals surface area (Å²) in [5.41, 5.74) is 0.703. The minimum absolute atomic E-state index is 0.0213. The van der Waals surface area contributed by atoms with Crippen LogP contribution in [-0.4, -0.2) is 40.2 Å². The van der Waals surface area contributed by atoms with Gasteiger partial charge in [0.15, 0.2) is 17.2 Å². The Hall–Kier alpha value is -4.68. The molecule has 2 amide bonds. The zero-order valence-electron chi connectivity index (χ0n) is 16.6. The van der Waals surface area contributed by atoms with Crippen molar-refractivity contribution >= 4 is 34.8 Å². The molecule has 5 rings (SSSR count). The van der Waals surface area contributed by atoms with E-state index in [9.17, 15) is 18.4 Å². The monoisotopic (exact) mass is 457 g/mol. The van der Waals surface area contributed by atoms with Crippen molar-refractivity contribution in [1.82, 2.24) is 15.0 Å². The molecule has 4 aromatic rings. The lowest BCUT2D eigenvalue weighted by atomic mass is 10.2. The van der Waals surface area contributed by atoms with Crippen LogP contribution in [0.1, 0.15) is 20.8 Å². The molecule has 1 aliphatic rings. The first-order valence-corrected chi connectivity index (χ1v) is 9.32. The third-order valence-corrected chi connectivity index (χ3v) is 4.55. The van der Waals surface area contributed by atoms with Crippen molar-refractivity contribution in [3.05, 3.63) is 53.9 Å². The SMILES string of the molecule is COc1ccccc1C(=O)Nc1nc(C(=O)Nc2nc3cc4c(cc3[nH]2)OC(F)(F)O4)co1. The van der Waals surface area contributed by atoms with Gasteiger partial charge in [-0.15, -0.1) is 8.78 Å². The van der Waals surface area contributed by atoms with E-state index in [2.05, 4.69) is 35.1 Å². The van der Waals surface area contributed by atoms with Crippen molar-refractivity contribution < 1.29 is 37.0 Å². The molecule has 0 aliphatic carbocycles. The maximum Gasteiger partial charge on any atom is 0.586 e. The molecule has 0 spiro atoms. The molecule has 3 heterocycles. The molecule has 0 bridgehead atoms. The number of amides is 2. The van der Waals surface area contributed by atoms with Crippen LogP contribution in [0, 0.1) is 0 Å². The smallest absolute Gasteiger partial charge is 0.496 e. The lowest BCUT2D eigenvalue weighted by Crippen LogP contribution is -2.25. The highest BCUT2D eigenvalue weighted by Gasteiger charge is 2.43. The number of carbonyl (C=O) groups is 2. The standard InChI is InChI=1S/C20H13F2N5O6/c1-30-13-5-3-2-4-9(13)16(28)27-19-25-12(8-31-19)17(29)26-18-23-10-6-14-15(7-11(10)24-18)33-20(21,22)32-14/h2-8H,1H3,(H,25,27,28)(H2,23,24,26,29). The number of hydrogen-bond donors (Lipinski definition) is 3. The average Bonchev–Trinajstić information content (AvgIpc) is 3.46. The molecule has 2 aromatic carbocycles. The van der Waals surface area contributed by atoms with E-state index in [4.69, 9.17) is 9.15 Å². The number of methoxy groups -OCH3 is 1. The van der Waals surface area contributed by atoms with Gasteiger partial charge in [0.2, 0.25) is 5.95 Å². The summed E-state index contributed by atoms with van der Waals surface area (Å²) in [5, 5.41) is 4.90. The highest BCUT2D eigenvalue weighted by atomic mass is 19.3. The van der Waals surface area contributed by atoms with Crippen molar-refractivity contribution in [2.45, 2.75) is 6.29 Å². The minimum Gasteiger partial charge on any atom is -0.496 e. The number of hydrogen-bond acceptors (Lipinski definition) is 8. The number of anilines is 2. The van der Waals surface area contributed by atoms with E-state index in [0.717, 1.165) is 6.26 Å². The highest BCUT2D eigenvalue weighted by molar-refractivity contribution is 6.06. The molecule has 3 N–H and O–H groups in total. The number of para-hydroxylation sites is 1. The number of imidazole rings is 1. The summed E-state index contributed by atoms with van der Waals surface area (Å²) in [6.07, 6.45) is -2.70. The van der Waals surface area contributed by atoms with E-state index in [1.54, 1.807) is 24.3 Å². The average molecular weight is 457 g/mol. The molecular formula is C20H13F2N5O6. The number of nitrogens with one attached hydrogen (secondary N) is 3. The van der Waals surface area contributed by atoms with Crippen molar-refractivity contribution in [3.63, 3.8) is 0 Å². The summed E-state index contributed by atoms with van der Waals surface area (Å²) >= 11 is 0. The predicted octanol–water partition coefficient (Wildman–Crippen LogP) is 3.39. The Morgan fingerprint density at radius 2 is 1.82 bits per heavy atom. The molecular weight excluding hydrogens is 444 g/mol. The molecule has 13 heteroatoms. The maximum atomic E-state index is 13.2. The van der Waals surface area contributed by atoms with E-state index in [-0.39, 0.29) is 40.2 Å². The second kappa shape index (κ2) is 7.47. The van der Waals surface area contributed by atoms with Crippen molar-refractivity contribution in [3.8, 4) is 17.2 Å². The Kier molecular flexibility index (Phi) is 4.58. The van der Waals surface area contributed by atoms with Gasteiger partial charge in [-0.25, -0.2) is 4.98 Å². The maximum absolute atomic E-state index is 13.2. The molecule has 11 nitrogen and oxygen atoms in total. The summed E-state index contributed by atoms with van der Waals surface area (Å²) in [7, 11) is 1.43. The first-order chi connectivity index (χ1) is 15.8. The molecule has 168 valence electrons. The fourth-order valence-electron chi connectivity index (χ4n) is 3.12. The van der Waals surface area contributed by atoms with Gasteiger partial charge < -0.3 is 23.6 Å². The zero-order valence-corrected chi connectivity index (χ0v) is 16.6. The Labute approximate surface area is 182 Å². The molecule has 0 unspecified atom stereocenters. The van der Waals surface area contributed by atoms with Crippen LogP contribution in [0.4, 0.5) is 20.7 Å². The Balaban J connectivity index is 1.28. The molecule has 0 fully saturated rings. The van der Waals surface area contributed by atoms with Crippen LogP contribution in [-0.2, 0) is 0 Å². The van der Waals surface area contributed by atoms with Gasteiger partial charge >= 0.3 is 12.3 Å². The lowest BCUT2D eigenvalue weighted by Gasteiger charge is -2.06. The van der Waals surface area contributed by atoms with Gasteiger partial charge in [0.05, 0.1) is 23.7 Å². The summed E-state index contributed by atoms with van der Waals surface area (Å²) < 4.78 is 45.4. The molecule has 0 saturated heterocycles. The quantitative estimate of drug-likeness (QED) is 0.414. The molecule has 0 radical (unpaired) electrons. The molecule has 33 heavy (non-hydrogen) atoms. The van der Waals surface area contributed by atoms with Crippen LogP contribution in [0.25, 0.3) is 11.0 Å². The Bertz CT molecular complexity index is 1350. The van der Waals surface area contributed by atoms with Crippen LogP contribution in [0.5, 0.6) is 17.2 Å². The largest absolute Gasteiger partial charge is 0.586 e. The lowest BCUT2D eigenvalue weighted by molar-refractivity contribution is -0.286. The molecule has 0 saturated carbocycles. The molecule has 1 aliphatic heterocycles. The van der Waals surface area contributed by atoms with E-state index in [0.29, 0.717) is 11.3 Å². The van der Waals surface area contributed by atoms with Crippen LogP contribution >= 0.6 is 0 Å². The van der Waals surface area contributed by atoms with E-state index in [1.807, 2.05) is 0 Å². The van der Waals surface area contributed by atoms with Crippen LogP contribution in [0.2, 0.25) is 0 Å². The van der Waals surface area contributed by atoms with Gasteiger partial charge in [-0.2, -0.15) is 4.98 Å². The molecule has 0 atom stereocenters. The van der Waals surface area contributed by atoms with Crippen LogP contribution in [0.15, 0.2) is 47.1 Å². The number of nitrogens with zero attached hydrogens (tertiary/aromatic N) is 2. The number of alkyl halides is 2. The number of fused-ring (bicyclic) bond motifs is 2. The Morgan fingerprint density at radius 3 is 2.61 bits per heavy atom. The van der Waals surface area contributed by atoms with Crippen LogP contribution in [0.3, 0.4) is 0 Å². The van der Waals surface area contributed by atoms with Gasteiger partial charge in [0, 0.05) is 12.1 Å². The normalized spacial score (nSPS) is 13.7. The number of H-pyrrole nitrogens is 1.